The lowest BCUT2D eigenvalue weighted by Gasteiger charge is -2.15. The molecule has 6 heteroatoms. The maximum Gasteiger partial charge on any atom is 0.416 e. The highest BCUT2D eigenvalue weighted by Crippen LogP contribution is 2.41. The Bertz CT molecular complexity index is 2520. The third-order valence-electron chi connectivity index (χ3n) is 9.15. The molecule has 0 aliphatic heterocycles. The van der Waals surface area contributed by atoms with E-state index in [-0.39, 0.29) is 11.4 Å². The average molecular weight is 666 g/mol. The van der Waals surface area contributed by atoms with E-state index < -0.39 is 17.6 Å². The first-order valence-corrected chi connectivity index (χ1v) is 16.1. The summed E-state index contributed by atoms with van der Waals surface area (Å²) in [5.74, 6) is -1.31. The van der Waals surface area contributed by atoms with Crippen molar-refractivity contribution in [3.63, 3.8) is 0 Å². The Kier molecular flexibility index (Phi) is 7.60. The van der Waals surface area contributed by atoms with E-state index in [9.17, 15) is 22.0 Å². The van der Waals surface area contributed by atoms with Crippen LogP contribution in [0.15, 0.2) is 152 Å². The molecule has 0 amide bonds. The lowest BCUT2D eigenvalue weighted by molar-refractivity contribution is -0.137. The summed E-state index contributed by atoms with van der Waals surface area (Å²) in [5, 5.41) is 1.59. The molecule has 8 aromatic rings. The average Bonchev–Trinajstić information content (AvgIpc) is 3.44. The Labute approximate surface area is 285 Å². The molecule has 244 valence electrons. The van der Waals surface area contributed by atoms with Gasteiger partial charge in [-0.3, -0.25) is 0 Å². The number of fused-ring (bicyclic) bond motifs is 3. The van der Waals surface area contributed by atoms with Gasteiger partial charge in [0.05, 0.1) is 22.3 Å². The molecule has 0 radical (unpaired) electrons. The van der Waals surface area contributed by atoms with Crippen molar-refractivity contribution >= 4 is 21.8 Å². The van der Waals surface area contributed by atoms with E-state index in [1.165, 1.54) is 12.1 Å². The van der Waals surface area contributed by atoms with Crippen LogP contribution in [-0.4, -0.2) is 4.57 Å². The number of para-hydroxylation sites is 1. The molecule has 0 fully saturated rings. The summed E-state index contributed by atoms with van der Waals surface area (Å²) in [6.45, 7) is 1.83. The van der Waals surface area contributed by atoms with Gasteiger partial charge in [0.1, 0.15) is 11.6 Å². The number of benzene rings is 7. The predicted octanol–water partition coefficient (Wildman–Crippen LogP) is 13.1. The molecule has 50 heavy (non-hydrogen) atoms. The Morgan fingerprint density at radius 2 is 0.960 bits per heavy atom. The molecular weight excluding hydrogens is 637 g/mol. The predicted molar refractivity (Wildman–Crippen MR) is 192 cm³/mol. The van der Waals surface area contributed by atoms with E-state index in [4.69, 9.17) is 0 Å². The topological polar surface area (TPSA) is 4.93 Å². The molecule has 0 bridgehead atoms. The summed E-state index contributed by atoms with van der Waals surface area (Å²) in [6, 6.07) is 45.4. The van der Waals surface area contributed by atoms with Gasteiger partial charge in [-0.2, -0.15) is 13.2 Å². The first-order chi connectivity index (χ1) is 24.1. The van der Waals surface area contributed by atoms with Crippen LogP contribution >= 0.6 is 0 Å². The van der Waals surface area contributed by atoms with Crippen LogP contribution in [0.25, 0.3) is 72.0 Å². The second-order valence-electron chi connectivity index (χ2n) is 12.5. The minimum absolute atomic E-state index is 0.121. The number of rotatable bonds is 5. The zero-order chi connectivity index (χ0) is 34.6. The van der Waals surface area contributed by atoms with Gasteiger partial charge in [0.15, 0.2) is 0 Å². The second kappa shape index (κ2) is 12.1. The Hall–Kier alpha value is -6.01. The fourth-order valence-corrected chi connectivity index (χ4v) is 6.85. The summed E-state index contributed by atoms with van der Waals surface area (Å²) in [5.41, 5.74) is 8.60. The van der Waals surface area contributed by atoms with Gasteiger partial charge in [0.25, 0.3) is 0 Å². The molecule has 0 saturated carbocycles. The number of aromatic nitrogens is 1. The Morgan fingerprint density at radius 3 is 1.58 bits per heavy atom. The fraction of sp³-hybridized carbons (Fsp3) is 0.0455. The molecule has 1 heterocycles. The van der Waals surface area contributed by atoms with Crippen LogP contribution in [0.2, 0.25) is 0 Å². The van der Waals surface area contributed by atoms with Gasteiger partial charge < -0.3 is 4.57 Å². The molecule has 0 atom stereocenters. The van der Waals surface area contributed by atoms with E-state index in [2.05, 4.69) is 47.0 Å². The van der Waals surface area contributed by atoms with E-state index >= 15 is 0 Å². The van der Waals surface area contributed by atoms with Crippen LogP contribution in [-0.2, 0) is 6.18 Å². The molecule has 0 spiro atoms. The van der Waals surface area contributed by atoms with Crippen LogP contribution < -0.4 is 0 Å². The number of aryl methyl sites for hydroxylation is 1. The minimum atomic E-state index is -4.70. The van der Waals surface area contributed by atoms with Gasteiger partial charge in [-0.15, -0.1) is 0 Å². The molecule has 0 unspecified atom stereocenters. The van der Waals surface area contributed by atoms with Crippen molar-refractivity contribution in [1.29, 1.82) is 0 Å². The molecule has 0 saturated heterocycles. The fourth-order valence-electron chi connectivity index (χ4n) is 6.85. The van der Waals surface area contributed by atoms with Crippen LogP contribution in [0, 0.1) is 18.6 Å². The Balaban J connectivity index is 1.35. The van der Waals surface area contributed by atoms with Crippen LogP contribution in [0.5, 0.6) is 0 Å². The molecule has 0 N–H and O–H groups in total. The lowest BCUT2D eigenvalue weighted by Crippen LogP contribution is -2.05. The minimum Gasteiger partial charge on any atom is -0.309 e. The molecule has 1 aromatic heterocycles. The van der Waals surface area contributed by atoms with E-state index in [1.54, 1.807) is 12.1 Å². The quantitative estimate of drug-likeness (QED) is 0.161. The molecule has 0 aliphatic carbocycles. The van der Waals surface area contributed by atoms with Gasteiger partial charge in [0.2, 0.25) is 0 Å². The third-order valence-corrected chi connectivity index (χ3v) is 9.15. The maximum absolute atomic E-state index is 14.5. The molecule has 0 aliphatic rings. The highest BCUT2D eigenvalue weighted by molar-refractivity contribution is 6.12. The van der Waals surface area contributed by atoms with E-state index in [1.807, 2.05) is 73.7 Å². The number of alkyl halides is 3. The Morgan fingerprint density at radius 1 is 0.440 bits per heavy atom. The summed E-state index contributed by atoms with van der Waals surface area (Å²) in [6.07, 6.45) is -4.70. The first-order valence-electron chi connectivity index (χ1n) is 16.1. The van der Waals surface area contributed by atoms with Gasteiger partial charge >= 0.3 is 6.18 Å². The molecule has 1 nitrogen and oxygen atoms in total. The summed E-state index contributed by atoms with van der Waals surface area (Å²) >= 11 is 0. The van der Waals surface area contributed by atoms with Crippen molar-refractivity contribution in [2.75, 3.05) is 0 Å². The summed E-state index contributed by atoms with van der Waals surface area (Å²) in [4.78, 5) is 0. The molecule has 7 aromatic carbocycles. The zero-order valence-corrected chi connectivity index (χ0v) is 26.8. The molecular formula is C44H28F5N. The summed E-state index contributed by atoms with van der Waals surface area (Å²) in [7, 11) is 0. The standard InChI is InChI=1S/C44H28F5N/c1-27-19-33(22-36(45)20-27)31-15-17-42-39(24-31)40-25-32(34-21-35(44(47,48)49)26-37(46)23-34)16-18-43(40)50(42)41-10-6-5-9-38(41)30-13-11-29(12-14-30)28-7-3-2-4-8-28/h2-26H,1H3. The number of nitrogens with zero attached hydrogens (tertiary/aromatic N) is 1. The smallest absolute Gasteiger partial charge is 0.309 e. The van der Waals surface area contributed by atoms with Crippen LogP contribution in [0.1, 0.15) is 11.1 Å². The normalized spacial score (nSPS) is 11.8. The first kappa shape index (κ1) is 31.3. The van der Waals surface area contributed by atoms with Crippen molar-refractivity contribution in [2.45, 2.75) is 13.1 Å². The lowest BCUT2D eigenvalue weighted by atomic mass is 9.98. The third kappa shape index (κ3) is 5.73. The van der Waals surface area contributed by atoms with Gasteiger partial charge in [0, 0.05) is 16.3 Å². The van der Waals surface area contributed by atoms with E-state index in [0.29, 0.717) is 17.2 Å². The van der Waals surface area contributed by atoms with Crippen LogP contribution in [0.4, 0.5) is 22.0 Å². The molecule has 8 rings (SSSR count). The van der Waals surface area contributed by atoms with Gasteiger partial charge in [-0.25, -0.2) is 8.78 Å². The SMILES string of the molecule is Cc1cc(F)cc(-c2ccc3c(c2)c2cc(-c4cc(F)cc(C(F)(F)F)c4)ccc2n3-c2ccccc2-c2ccc(-c3ccccc3)cc2)c1. The van der Waals surface area contributed by atoms with Crippen molar-refractivity contribution in [1.82, 2.24) is 4.57 Å². The van der Waals surface area contributed by atoms with Crippen molar-refractivity contribution < 1.29 is 22.0 Å². The number of halogens is 5. The zero-order valence-electron chi connectivity index (χ0n) is 26.8. The highest BCUT2D eigenvalue weighted by Gasteiger charge is 2.31. The van der Waals surface area contributed by atoms with Crippen molar-refractivity contribution in [2.24, 2.45) is 0 Å². The maximum atomic E-state index is 14.5. The summed E-state index contributed by atoms with van der Waals surface area (Å²) < 4.78 is 72.2. The van der Waals surface area contributed by atoms with Crippen molar-refractivity contribution in [3.05, 3.63) is 174 Å². The number of hydrogen-bond acceptors (Lipinski definition) is 0. The van der Waals surface area contributed by atoms with Gasteiger partial charge in [-0.05, 0) is 112 Å². The van der Waals surface area contributed by atoms with Crippen molar-refractivity contribution in [3.8, 4) is 50.2 Å². The van der Waals surface area contributed by atoms with Crippen LogP contribution in [0.3, 0.4) is 0 Å². The van der Waals surface area contributed by atoms with Gasteiger partial charge in [-0.1, -0.05) is 91.0 Å². The largest absolute Gasteiger partial charge is 0.416 e. The van der Waals surface area contributed by atoms with E-state index in [0.717, 1.165) is 73.0 Å². The monoisotopic (exact) mass is 665 g/mol. The number of hydrogen-bond donors (Lipinski definition) is 0. The second-order valence-corrected chi connectivity index (χ2v) is 12.5. The highest BCUT2D eigenvalue weighted by atomic mass is 19.4.